The number of hydrogen-bond donors (Lipinski definition) is 1. The summed E-state index contributed by atoms with van der Waals surface area (Å²) in [6, 6.07) is 5.60. The summed E-state index contributed by atoms with van der Waals surface area (Å²) < 4.78 is 41.0. The molecular weight excluding hydrogens is 445 g/mol. The Morgan fingerprint density at radius 1 is 1.25 bits per heavy atom. The van der Waals surface area contributed by atoms with E-state index in [0.29, 0.717) is 29.9 Å². The quantitative estimate of drug-likeness (QED) is 0.680. The maximum absolute atomic E-state index is 13.3. The molecule has 0 bridgehead atoms. The third kappa shape index (κ3) is 4.23. The van der Waals surface area contributed by atoms with Crippen LogP contribution < -0.4 is 5.73 Å². The maximum Gasteiger partial charge on any atom is 0.416 e. The molecule has 10 heteroatoms. The van der Waals surface area contributed by atoms with Crippen molar-refractivity contribution in [1.82, 2.24) is 9.88 Å². The molecule has 0 unspecified atom stereocenters. The second-order valence-electron chi connectivity index (χ2n) is 8.64. The highest BCUT2D eigenvalue weighted by molar-refractivity contribution is 6.00. The highest BCUT2D eigenvalue weighted by atomic mass is 35.5. The number of nitrogens with two attached hydrogens (primary N) is 1. The molecule has 32 heavy (non-hydrogen) atoms. The summed E-state index contributed by atoms with van der Waals surface area (Å²) in [6.07, 6.45) is -2.42. The molecule has 0 aliphatic carbocycles. The van der Waals surface area contributed by atoms with E-state index < -0.39 is 29.2 Å². The van der Waals surface area contributed by atoms with Crippen molar-refractivity contribution in [3.63, 3.8) is 0 Å². The van der Waals surface area contributed by atoms with E-state index >= 15 is 0 Å². The van der Waals surface area contributed by atoms with Crippen molar-refractivity contribution in [1.29, 1.82) is 0 Å². The molecule has 2 aliphatic heterocycles. The van der Waals surface area contributed by atoms with Crippen LogP contribution >= 0.6 is 12.4 Å². The van der Waals surface area contributed by atoms with Crippen LogP contribution in [0.5, 0.6) is 0 Å². The van der Waals surface area contributed by atoms with Crippen LogP contribution in [0.15, 0.2) is 30.3 Å². The van der Waals surface area contributed by atoms with Gasteiger partial charge in [0, 0.05) is 46.7 Å². The Bertz CT molecular complexity index is 1080. The lowest BCUT2D eigenvalue weighted by Gasteiger charge is -2.16. The first kappa shape index (κ1) is 24.1. The number of likely N-dealkylation sites (N-methyl/N-ethyl adjacent to an activating group) is 1. The second-order valence-corrected chi connectivity index (χ2v) is 8.64. The van der Waals surface area contributed by atoms with Crippen molar-refractivity contribution in [3.05, 3.63) is 57.8 Å². The number of rotatable bonds is 3. The van der Waals surface area contributed by atoms with Gasteiger partial charge in [-0.15, -0.1) is 12.4 Å². The minimum Gasteiger partial charge on any atom is -0.366 e. The van der Waals surface area contributed by atoms with E-state index in [2.05, 4.69) is 9.88 Å². The monoisotopic (exact) mass is 469 g/mol. The van der Waals surface area contributed by atoms with Gasteiger partial charge in [-0.25, -0.2) is 0 Å². The molecule has 2 fully saturated rings. The molecule has 4 rings (SSSR count). The van der Waals surface area contributed by atoms with Gasteiger partial charge in [0.1, 0.15) is 5.69 Å². The van der Waals surface area contributed by atoms with E-state index in [1.165, 1.54) is 0 Å². The van der Waals surface area contributed by atoms with Crippen LogP contribution in [-0.4, -0.2) is 46.2 Å². The van der Waals surface area contributed by atoms with Crippen molar-refractivity contribution in [2.45, 2.75) is 43.9 Å². The van der Waals surface area contributed by atoms with Crippen LogP contribution in [0.4, 0.5) is 13.2 Å². The molecule has 2 N–H and O–H groups in total. The Kier molecular flexibility index (Phi) is 6.36. The lowest BCUT2D eigenvalue weighted by atomic mass is 9.95. The summed E-state index contributed by atoms with van der Waals surface area (Å²) >= 11 is 0. The van der Waals surface area contributed by atoms with E-state index in [4.69, 9.17) is 5.73 Å². The number of likely N-dealkylation sites (tertiary alicyclic amines) is 1. The average molecular weight is 470 g/mol. The molecular formula is C22H25ClF3N4O2+. The number of nitrogens with zero attached hydrogens (tertiary/aromatic N) is 3. The van der Waals surface area contributed by atoms with E-state index in [9.17, 15) is 22.9 Å². The van der Waals surface area contributed by atoms with Gasteiger partial charge >= 0.3 is 6.18 Å². The normalized spacial score (nSPS) is 23.5. The van der Waals surface area contributed by atoms with Crippen molar-refractivity contribution < 1.29 is 22.7 Å². The summed E-state index contributed by atoms with van der Waals surface area (Å²) in [5, 5.41) is 0. The number of benzene rings is 1. The molecule has 0 saturated carbocycles. The fourth-order valence-corrected chi connectivity index (χ4v) is 4.87. The number of halogens is 4. The van der Waals surface area contributed by atoms with Crippen molar-refractivity contribution in [2.24, 2.45) is 5.73 Å². The van der Waals surface area contributed by atoms with Gasteiger partial charge in [0.2, 0.25) is 17.5 Å². The maximum atomic E-state index is 13.3. The topological polar surface area (TPSA) is 79.3 Å². The molecule has 6 nitrogen and oxygen atoms in total. The molecule has 172 valence electrons. The summed E-state index contributed by atoms with van der Waals surface area (Å²) in [5.74, 6) is -0.820. The fraction of sp³-hybridized carbons (Fsp3) is 0.455. The average Bonchev–Trinajstić information content (AvgIpc) is 3.23. The molecule has 1 aromatic carbocycles. The first-order valence-electron chi connectivity index (χ1n) is 10.2. The lowest BCUT2D eigenvalue weighted by Crippen LogP contribution is -2.39. The molecule has 2 atom stereocenters. The summed E-state index contributed by atoms with van der Waals surface area (Å²) in [5.41, 5.74) is 5.63. The van der Waals surface area contributed by atoms with Gasteiger partial charge in [0.05, 0.1) is 12.1 Å². The van der Waals surface area contributed by atoms with Crippen molar-refractivity contribution in [2.75, 3.05) is 20.1 Å². The number of aryl methyl sites for hydroxylation is 1. The SMILES string of the molecule is Cc1cc(-c2cc(C(F)(F)F)ccc2C(N)=O)cc([C@@H]2CC[C@]3(CCN(C)C3)[N+]2=O)n1.Cl. The van der Waals surface area contributed by atoms with Crippen molar-refractivity contribution >= 4 is 18.3 Å². The van der Waals surface area contributed by atoms with Crippen LogP contribution in [0.25, 0.3) is 11.1 Å². The Hall–Kier alpha value is -2.52. The zero-order valence-electron chi connectivity index (χ0n) is 17.8. The number of amides is 1. The van der Waals surface area contributed by atoms with Crippen LogP contribution in [0.1, 0.15) is 52.6 Å². The Labute approximate surface area is 190 Å². The number of carbonyl (C=O) groups excluding carboxylic acids is 1. The summed E-state index contributed by atoms with van der Waals surface area (Å²) in [6.45, 7) is 3.25. The zero-order valence-corrected chi connectivity index (χ0v) is 18.6. The second kappa shape index (κ2) is 8.44. The van der Waals surface area contributed by atoms with Gasteiger partial charge in [0.25, 0.3) is 0 Å². The Morgan fingerprint density at radius 2 is 1.97 bits per heavy atom. The number of hydrogen-bond acceptors (Lipinski definition) is 4. The van der Waals surface area contributed by atoms with Crippen LogP contribution in [0.2, 0.25) is 0 Å². The minimum atomic E-state index is -4.56. The van der Waals surface area contributed by atoms with E-state index in [1.807, 2.05) is 7.05 Å². The summed E-state index contributed by atoms with van der Waals surface area (Å²) in [7, 11) is 1.98. The predicted octanol–water partition coefficient (Wildman–Crippen LogP) is 4.28. The van der Waals surface area contributed by atoms with Crippen LogP contribution in [0.3, 0.4) is 0 Å². The Morgan fingerprint density at radius 3 is 2.56 bits per heavy atom. The highest BCUT2D eigenvalue weighted by Gasteiger charge is 2.59. The zero-order chi connectivity index (χ0) is 22.6. The lowest BCUT2D eigenvalue weighted by molar-refractivity contribution is -0.639. The number of alkyl halides is 3. The standard InChI is InChI=1S/C22H23F3N4O2.ClH/c1-13-9-14(17-11-15(22(23,24)25)3-4-16(17)20(26)30)10-18(27-13)19-5-6-21(29(19)31)7-8-28(2)12-21;/h3-4,9-11,19H,5-8,12H2,1-2H3,(H-,26,30);1H/p+1/t19-,21+;/m0./s1. The molecule has 1 amide bonds. The highest BCUT2D eigenvalue weighted by Crippen LogP contribution is 2.44. The smallest absolute Gasteiger partial charge is 0.366 e. The first-order chi connectivity index (χ1) is 14.5. The molecule has 2 aromatic rings. The van der Waals surface area contributed by atoms with E-state index in [-0.39, 0.29) is 23.5 Å². The largest absolute Gasteiger partial charge is 0.416 e. The molecule has 1 aromatic heterocycles. The van der Waals surface area contributed by atoms with Gasteiger partial charge in [-0.2, -0.15) is 13.2 Å². The van der Waals surface area contributed by atoms with Crippen LogP contribution in [0, 0.1) is 11.8 Å². The minimum absolute atomic E-state index is 0. The van der Waals surface area contributed by atoms with Gasteiger partial charge in [-0.05, 0) is 55.4 Å². The van der Waals surface area contributed by atoms with Gasteiger partial charge in [0.15, 0.2) is 0 Å². The first-order valence-corrected chi connectivity index (χ1v) is 10.2. The third-order valence-electron chi connectivity index (χ3n) is 6.39. The molecule has 2 aliphatic rings. The molecule has 3 heterocycles. The predicted molar refractivity (Wildman–Crippen MR) is 116 cm³/mol. The number of primary amides is 1. The fourth-order valence-electron chi connectivity index (χ4n) is 4.87. The number of nitroso groups, excluding NO2 is 1. The Balaban J connectivity index is 0.00000289. The number of pyridine rings is 1. The van der Waals surface area contributed by atoms with Gasteiger partial charge in [-0.3, -0.25) is 14.7 Å². The third-order valence-corrected chi connectivity index (χ3v) is 6.39. The van der Waals surface area contributed by atoms with Gasteiger partial charge in [-0.1, -0.05) is 0 Å². The van der Waals surface area contributed by atoms with Crippen molar-refractivity contribution in [3.8, 4) is 11.1 Å². The number of aromatic nitrogens is 1. The summed E-state index contributed by atoms with van der Waals surface area (Å²) in [4.78, 5) is 31.8. The molecule has 1 spiro atoms. The molecule has 2 saturated heterocycles. The van der Waals surface area contributed by atoms with Gasteiger partial charge < -0.3 is 5.73 Å². The van der Waals surface area contributed by atoms with E-state index in [0.717, 1.165) is 42.3 Å². The molecule has 0 radical (unpaired) electrons. The van der Waals surface area contributed by atoms with Crippen LogP contribution in [-0.2, 0) is 6.18 Å². The number of carbonyl (C=O) groups is 1. The van der Waals surface area contributed by atoms with E-state index in [1.54, 1.807) is 19.1 Å².